The predicted molar refractivity (Wildman–Crippen MR) is 436 cm³/mol. The molecular weight excluding hydrogens is 1330 g/mol. The van der Waals surface area contributed by atoms with E-state index in [0.717, 1.165) is 66.7 Å². The topological polar surface area (TPSA) is 150 Å². The summed E-state index contributed by atoms with van der Waals surface area (Å²) < 4.78 is 11.5. The summed E-state index contributed by atoms with van der Waals surface area (Å²) in [4.78, 5) is 88.4. The van der Waals surface area contributed by atoms with Crippen molar-refractivity contribution in [1.29, 1.82) is 0 Å². The number of ether oxygens (including phenoxy) is 2. The molecular formula is C89H140ClNO9S2. The molecule has 3 heterocycles. The Morgan fingerprint density at radius 1 is 0.569 bits per heavy atom. The minimum absolute atomic E-state index is 0.0174. The molecule has 3 saturated carbocycles. The smallest absolute Gasteiger partial charge is 0.178 e. The molecule has 4 aliphatic rings. The van der Waals surface area contributed by atoms with Crippen molar-refractivity contribution >= 4 is 80.5 Å². The number of fused-ring (bicyclic) bond motifs is 1. The summed E-state index contributed by atoms with van der Waals surface area (Å²) in [6.45, 7) is 60.6. The highest BCUT2D eigenvalue weighted by Gasteiger charge is 2.41. The number of ketones is 7. The van der Waals surface area contributed by atoms with Gasteiger partial charge in [0, 0.05) is 72.0 Å². The van der Waals surface area contributed by atoms with Crippen LogP contribution in [0.4, 0.5) is 0 Å². The standard InChI is InChI=1S/C15H22O.C13H19NO.C13H20O.C12H22O.C11H20O.C10H13ClO2S.C9H12OS.C6H12O/c1-11-7-9-12(10-8-11)15(5,6)13(16)14(2,3)4;1-13(2,3)12(15)10-8-14-11-7-5-4-6-9(10)11;1-5-12(13(2,3)4)14-11-9-7-6-8-10-11;1-11(2,3)10(13)12(4)8-6-5-7-9-12;1-11(2,3)10(12)9-7-5-4-6-8-9;1-10(2,3)8(12)7-5-6(13-4)9(11)14-7;1-9(2,3)8(10)7-5-4-6-11-7;1-5(7)6(2,3)4/h7-10H,1-6H3;4-8H2,1-3H3;6-10,12H,5H2,1-4H3;5-9H2,1-4H3;9H,4-8H2,1-3H3;5H,1-4H3;4-6H,1-3H3;1-4H3. The number of nitrogens with zero attached hydrogens (tertiary/aromatic N) is 1. The van der Waals surface area contributed by atoms with Crippen molar-refractivity contribution in [3.8, 4) is 11.5 Å². The summed E-state index contributed by atoms with van der Waals surface area (Å²) in [6, 6.07) is 23.7. The Morgan fingerprint density at radius 3 is 1.45 bits per heavy atom. The second-order valence-electron chi connectivity index (χ2n) is 37.3. The molecule has 0 N–H and O–H groups in total. The molecule has 574 valence electrons. The Kier molecular flexibility index (Phi) is 37.7. The number of carbonyl (C=O) groups is 7. The summed E-state index contributed by atoms with van der Waals surface area (Å²) in [5.41, 5.74) is 3.98. The Labute approximate surface area is 634 Å². The number of aryl methyl sites for hydroxylation is 1. The SMILES string of the molecule is CC(=O)C(C)(C)C.CC(C)(C)C(=O)C1(C)CCCCC1.CC(C)(C)C(=O)C1=C2CCCCC2=NC1.CC(C)(C)C(=O)C1CCCCC1.CC(C)(C)C(=O)c1cccs1.CCC(Oc1ccccc1)C(C)(C)C.COc1cc(C(=O)C(C)(C)C)sc1Cl.Cc1ccc(C(C)(C)C(=O)C(C)(C)C)cc1. The van der Waals surface area contributed by atoms with Crippen LogP contribution >= 0.6 is 34.3 Å². The predicted octanol–water partition coefficient (Wildman–Crippen LogP) is 25.7. The molecule has 10 nitrogen and oxygen atoms in total. The molecule has 1 aliphatic heterocycles. The zero-order chi connectivity index (χ0) is 79.0. The Morgan fingerprint density at radius 2 is 1.05 bits per heavy atom. The van der Waals surface area contributed by atoms with Crippen molar-refractivity contribution in [2.75, 3.05) is 13.7 Å². The molecule has 13 heteroatoms. The lowest BCUT2D eigenvalue weighted by Crippen LogP contribution is -2.38. The van der Waals surface area contributed by atoms with E-state index in [0.29, 0.717) is 39.0 Å². The highest BCUT2D eigenvalue weighted by atomic mass is 35.5. The van der Waals surface area contributed by atoms with Gasteiger partial charge in [0.1, 0.15) is 45.1 Å². The summed E-state index contributed by atoms with van der Waals surface area (Å²) in [7, 11) is 1.54. The number of rotatable bonds is 11. The second-order valence-corrected chi connectivity index (χ2v) is 39.9. The lowest BCUT2D eigenvalue weighted by Gasteiger charge is -2.37. The van der Waals surface area contributed by atoms with Gasteiger partial charge in [0.2, 0.25) is 0 Å². The van der Waals surface area contributed by atoms with Crippen molar-refractivity contribution in [2.24, 2.45) is 59.6 Å². The van der Waals surface area contributed by atoms with Crippen LogP contribution in [0.15, 0.2) is 94.3 Å². The lowest BCUT2D eigenvalue weighted by atomic mass is 9.66. The van der Waals surface area contributed by atoms with Gasteiger partial charge in [-0.1, -0.05) is 284 Å². The average Bonchev–Trinajstić information content (AvgIpc) is 1.29. The number of allylic oxidation sites excluding steroid dienone is 1. The summed E-state index contributed by atoms with van der Waals surface area (Å²) in [5.74, 6) is 3.98. The normalized spacial score (nSPS) is 16.0. The van der Waals surface area contributed by atoms with Gasteiger partial charge in [-0.25, -0.2) is 0 Å². The number of methoxy groups -OCH3 is 1. The van der Waals surface area contributed by atoms with E-state index in [-0.39, 0.29) is 83.8 Å². The molecule has 0 saturated heterocycles. The first-order chi connectivity index (χ1) is 46.4. The van der Waals surface area contributed by atoms with E-state index in [9.17, 15) is 33.6 Å². The maximum absolute atomic E-state index is 12.4. The third-order valence-electron chi connectivity index (χ3n) is 18.7. The van der Waals surface area contributed by atoms with E-state index in [1.807, 2.05) is 207 Å². The van der Waals surface area contributed by atoms with Gasteiger partial charge >= 0.3 is 0 Å². The highest BCUT2D eigenvalue weighted by molar-refractivity contribution is 7.18. The van der Waals surface area contributed by atoms with Crippen molar-refractivity contribution < 1.29 is 43.0 Å². The second kappa shape index (κ2) is 40.5. The van der Waals surface area contributed by atoms with Gasteiger partial charge in [0.05, 0.1) is 23.4 Å². The largest absolute Gasteiger partial charge is 0.494 e. The molecule has 3 fully saturated rings. The summed E-state index contributed by atoms with van der Waals surface area (Å²) in [5, 5.41) is 1.93. The van der Waals surface area contributed by atoms with Crippen LogP contribution in [0.3, 0.4) is 0 Å². The average molecular weight is 1470 g/mol. The maximum Gasteiger partial charge on any atom is 0.178 e. The fourth-order valence-corrected chi connectivity index (χ4v) is 14.3. The van der Waals surface area contributed by atoms with Gasteiger partial charge in [-0.05, 0) is 126 Å². The number of para-hydroxylation sites is 1. The molecule has 0 bridgehead atoms. The molecule has 102 heavy (non-hydrogen) atoms. The molecule has 8 rings (SSSR count). The van der Waals surface area contributed by atoms with Crippen molar-refractivity contribution in [1.82, 2.24) is 0 Å². The van der Waals surface area contributed by atoms with E-state index in [2.05, 4.69) is 70.8 Å². The number of carbonyl (C=O) groups excluding carboxylic acids is 7. The van der Waals surface area contributed by atoms with Crippen LogP contribution in [0.2, 0.25) is 4.34 Å². The lowest BCUT2D eigenvalue weighted by molar-refractivity contribution is -0.137. The van der Waals surface area contributed by atoms with Crippen molar-refractivity contribution in [3.63, 3.8) is 0 Å². The first-order valence-electron chi connectivity index (χ1n) is 37.6. The summed E-state index contributed by atoms with van der Waals surface area (Å²) in [6.07, 6.45) is 18.0. The molecule has 0 radical (unpaired) electrons. The fourth-order valence-electron chi connectivity index (χ4n) is 12.1. The van der Waals surface area contributed by atoms with Crippen molar-refractivity contribution in [3.05, 3.63) is 115 Å². The number of benzene rings is 2. The minimum atomic E-state index is -0.411. The molecule has 3 aliphatic carbocycles. The highest BCUT2D eigenvalue weighted by Crippen LogP contribution is 2.42. The van der Waals surface area contributed by atoms with Crippen LogP contribution in [-0.2, 0) is 29.4 Å². The van der Waals surface area contributed by atoms with E-state index in [4.69, 9.17) is 21.1 Å². The number of hydrogen-bond donors (Lipinski definition) is 0. The molecule has 4 aromatic rings. The van der Waals surface area contributed by atoms with Crippen LogP contribution in [0.5, 0.6) is 11.5 Å². The van der Waals surface area contributed by atoms with Crippen LogP contribution in [0.1, 0.15) is 328 Å². The van der Waals surface area contributed by atoms with Gasteiger partial charge in [0.25, 0.3) is 0 Å². The molecule has 0 amide bonds. The first kappa shape index (κ1) is 94.8. The number of Topliss-reactive ketones (excluding diaryl/α,β-unsaturated/α-hetero) is 7. The minimum Gasteiger partial charge on any atom is -0.494 e. The molecule has 1 atom stereocenters. The maximum atomic E-state index is 12.4. The number of halogens is 1. The van der Waals surface area contributed by atoms with Gasteiger partial charge in [-0.15, -0.1) is 22.7 Å². The third-order valence-corrected chi connectivity index (χ3v) is 20.9. The van der Waals surface area contributed by atoms with Crippen LogP contribution in [0.25, 0.3) is 0 Å². The van der Waals surface area contributed by atoms with E-state index >= 15 is 0 Å². The molecule has 2 aromatic heterocycles. The third kappa shape index (κ3) is 32.7. The quantitative estimate of drug-likeness (QED) is 0.134. The number of thiophene rings is 2. The van der Waals surface area contributed by atoms with Gasteiger partial charge in [0.15, 0.2) is 17.3 Å². The van der Waals surface area contributed by atoms with Crippen LogP contribution < -0.4 is 9.47 Å². The Hall–Kier alpha value is -5.17. The van der Waals surface area contributed by atoms with Gasteiger partial charge < -0.3 is 9.47 Å². The van der Waals surface area contributed by atoms with E-state index in [1.165, 1.54) is 90.9 Å². The molecule has 1 unspecified atom stereocenters. The summed E-state index contributed by atoms with van der Waals surface area (Å²) >= 11 is 8.65. The van der Waals surface area contributed by atoms with Crippen LogP contribution in [-0.4, -0.2) is 66.0 Å². The Balaban J connectivity index is 0.000000587. The molecule has 0 spiro atoms. The van der Waals surface area contributed by atoms with Crippen molar-refractivity contribution in [2.45, 2.75) is 316 Å². The van der Waals surface area contributed by atoms with E-state index < -0.39 is 5.41 Å². The zero-order valence-electron chi connectivity index (χ0n) is 69.8. The Bertz CT molecular complexity index is 3330. The number of hydrogen-bond acceptors (Lipinski definition) is 12. The molecule has 2 aromatic carbocycles. The zero-order valence-corrected chi connectivity index (χ0v) is 72.2. The van der Waals surface area contributed by atoms with Crippen LogP contribution in [0, 0.1) is 61.6 Å². The first-order valence-corrected chi connectivity index (χ1v) is 39.7. The van der Waals surface area contributed by atoms with Gasteiger partial charge in [-0.2, -0.15) is 0 Å². The van der Waals surface area contributed by atoms with Gasteiger partial charge in [-0.3, -0.25) is 38.6 Å². The fraction of sp³-hybridized carbons (Fsp3) is 0.663. The monoisotopic (exact) mass is 1470 g/mol. The number of aliphatic imine (C=N–C) groups is 1. The van der Waals surface area contributed by atoms with E-state index in [1.54, 1.807) is 20.1 Å².